The molecule has 2 aromatic carbocycles. The third-order valence-electron chi connectivity index (χ3n) is 5.70. The zero-order valence-corrected chi connectivity index (χ0v) is 18.1. The van der Waals surface area contributed by atoms with Crippen molar-refractivity contribution < 1.29 is 5.11 Å². The summed E-state index contributed by atoms with van der Waals surface area (Å²) < 4.78 is 0. The van der Waals surface area contributed by atoms with E-state index in [9.17, 15) is 5.11 Å². The zero-order chi connectivity index (χ0) is 21.6. The quantitative estimate of drug-likeness (QED) is 0.645. The first kappa shape index (κ1) is 21.1. The maximum atomic E-state index is 9.55. The molecule has 2 aliphatic heterocycles. The highest BCUT2D eigenvalue weighted by Crippen LogP contribution is 2.21. The van der Waals surface area contributed by atoms with Gasteiger partial charge in [0.15, 0.2) is 12.1 Å². The Morgan fingerprint density at radius 1 is 1.10 bits per heavy atom. The number of fused-ring (bicyclic) bond motifs is 1. The van der Waals surface area contributed by atoms with E-state index in [0.29, 0.717) is 12.5 Å². The van der Waals surface area contributed by atoms with E-state index in [-0.39, 0.29) is 24.9 Å². The summed E-state index contributed by atoms with van der Waals surface area (Å²) in [4.78, 5) is 16.4. The molecule has 7 heteroatoms. The van der Waals surface area contributed by atoms with Crippen LogP contribution in [0.15, 0.2) is 69.6 Å². The predicted molar refractivity (Wildman–Crippen MR) is 126 cm³/mol. The fourth-order valence-corrected chi connectivity index (χ4v) is 3.76. The summed E-state index contributed by atoms with van der Waals surface area (Å²) in [5, 5.41) is 16.2. The Labute approximate surface area is 183 Å². The van der Waals surface area contributed by atoms with Crippen LogP contribution in [0.25, 0.3) is 11.1 Å². The largest absolute Gasteiger partial charge is 0.394 e. The van der Waals surface area contributed by atoms with Gasteiger partial charge in [-0.25, -0.2) is 4.99 Å². The first-order chi connectivity index (χ1) is 15.2. The van der Waals surface area contributed by atoms with E-state index in [1.807, 2.05) is 19.3 Å². The van der Waals surface area contributed by atoms with E-state index in [0.717, 1.165) is 24.4 Å². The molecule has 0 radical (unpaired) electrons. The van der Waals surface area contributed by atoms with Gasteiger partial charge in [-0.2, -0.15) is 0 Å². The SMILES string of the molecule is CC[C@H](CO)NC1=NC2C(N=CN2CC)C(=NCc2ccc(-c3ccccc3)cc2)N1. The molecule has 2 aromatic rings. The number of aliphatic imine (C=N–C) groups is 3. The van der Waals surface area contributed by atoms with Crippen LogP contribution in [-0.4, -0.2) is 59.5 Å². The van der Waals surface area contributed by atoms with Gasteiger partial charge in [-0.3, -0.25) is 9.98 Å². The molecule has 0 amide bonds. The summed E-state index contributed by atoms with van der Waals surface area (Å²) in [6.07, 6.45) is 2.56. The lowest BCUT2D eigenvalue weighted by atomic mass is 10.0. The predicted octanol–water partition coefficient (Wildman–Crippen LogP) is 2.63. The topological polar surface area (TPSA) is 84.6 Å². The van der Waals surface area contributed by atoms with Gasteiger partial charge in [-0.1, -0.05) is 61.5 Å². The van der Waals surface area contributed by atoms with E-state index in [1.54, 1.807) is 0 Å². The second-order valence-electron chi connectivity index (χ2n) is 7.75. The molecule has 0 saturated carbocycles. The molecule has 4 rings (SSSR count). The Morgan fingerprint density at radius 3 is 2.52 bits per heavy atom. The first-order valence-corrected chi connectivity index (χ1v) is 10.9. The van der Waals surface area contributed by atoms with Crippen molar-refractivity contribution in [2.24, 2.45) is 15.0 Å². The minimum atomic E-state index is -0.136. The van der Waals surface area contributed by atoms with Gasteiger partial charge in [-0.15, -0.1) is 0 Å². The number of nitrogens with one attached hydrogen (secondary N) is 2. The van der Waals surface area contributed by atoms with E-state index in [4.69, 9.17) is 9.98 Å². The molecule has 0 aromatic heterocycles. The zero-order valence-electron chi connectivity index (χ0n) is 18.1. The first-order valence-electron chi connectivity index (χ1n) is 10.9. The fraction of sp³-hybridized carbons (Fsp3) is 0.375. The minimum absolute atomic E-state index is 0.0491. The number of aliphatic hydroxyl groups excluding tert-OH is 1. The van der Waals surface area contributed by atoms with Crippen LogP contribution in [0.1, 0.15) is 25.8 Å². The molecule has 7 nitrogen and oxygen atoms in total. The molecule has 31 heavy (non-hydrogen) atoms. The van der Waals surface area contributed by atoms with Crippen molar-refractivity contribution >= 4 is 18.1 Å². The summed E-state index contributed by atoms with van der Waals surface area (Å²) in [6, 6.07) is 18.7. The second kappa shape index (κ2) is 9.75. The number of hydrogen-bond acceptors (Lipinski definition) is 6. The normalized spacial score (nSPS) is 22.1. The van der Waals surface area contributed by atoms with Crippen LogP contribution in [0.2, 0.25) is 0 Å². The van der Waals surface area contributed by atoms with Crippen molar-refractivity contribution in [1.82, 2.24) is 15.5 Å². The van der Waals surface area contributed by atoms with Crippen LogP contribution >= 0.6 is 0 Å². The minimum Gasteiger partial charge on any atom is -0.394 e. The molecule has 0 fully saturated rings. The van der Waals surface area contributed by atoms with Crippen molar-refractivity contribution in [3.8, 4) is 11.1 Å². The number of amidine groups is 1. The van der Waals surface area contributed by atoms with Gasteiger partial charge in [0.05, 0.1) is 25.5 Å². The monoisotopic (exact) mass is 418 g/mol. The third-order valence-corrected chi connectivity index (χ3v) is 5.70. The highest BCUT2D eigenvalue weighted by atomic mass is 16.3. The van der Waals surface area contributed by atoms with Gasteiger partial charge in [0, 0.05) is 6.54 Å². The lowest BCUT2D eigenvalue weighted by molar-refractivity contribution is 0.251. The molecule has 3 atom stereocenters. The van der Waals surface area contributed by atoms with Gasteiger partial charge in [0.1, 0.15) is 11.9 Å². The van der Waals surface area contributed by atoms with Crippen LogP contribution in [0, 0.1) is 0 Å². The molecule has 0 spiro atoms. The van der Waals surface area contributed by atoms with E-state index < -0.39 is 0 Å². The standard InChI is InChI=1S/C24H30N6O/c1-3-20(15-31)27-24-28-22(21-23(29-24)30(4-2)16-26-21)25-14-17-10-12-19(13-11-17)18-8-6-5-7-9-18/h5-13,16,20-21,23,31H,3-4,14-15H2,1-2H3,(H2,25,27,28,29)/t20-,21?,23?/m1/s1. The molecule has 3 N–H and O–H groups in total. The molecular formula is C24H30N6O. The molecule has 0 bridgehead atoms. The number of hydrogen-bond donors (Lipinski definition) is 3. The van der Waals surface area contributed by atoms with E-state index in [1.165, 1.54) is 11.1 Å². The van der Waals surface area contributed by atoms with Gasteiger partial charge in [-0.05, 0) is 30.0 Å². The summed E-state index contributed by atoms with van der Waals surface area (Å²) in [6.45, 7) is 5.57. The number of nitrogens with zero attached hydrogens (tertiary/aromatic N) is 4. The summed E-state index contributed by atoms with van der Waals surface area (Å²) >= 11 is 0. The van der Waals surface area contributed by atoms with Crippen LogP contribution in [0.5, 0.6) is 0 Å². The van der Waals surface area contributed by atoms with Crippen molar-refractivity contribution in [2.75, 3.05) is 13.2 Å². The average Bonchev–Trinajstić information content (AvgIpc) is 3.25. The molecule has 0 saturated heterocycles. The van der Waals surface area contributed by atoms with Gasteiger partial charge >= 0.3 is 0 Å². The fourth-order valence-electron chi connectivity index (χ4n) is 3.76. The number of rotatable bonds is 7. The number of likely N-dealkylation sites (N-methyl/N-ethyl adjacent to an activating group) is 1. The van der Waals surface area contributed by atoms with Gasteiger partial charge < -0.3 is 20.6 Å². The maximum absolute atomic E-state index is 9.55. The third kappa shape index (κ3) is 4.77. The summed E-state index contributed by atoms with van der Waals surface area (Å²) in [7, 11) is 0. The number of aliphatic hydroxyl groups is 1. The van der Waals surface area contributed by atoms with Crippen LogP contribution in [0.3, 0.4) is 0 Å². The molecule has 2 aliphatic rings. The van der Waals surface area contributed by atoms with Crippen LogP contribution in [-0.2, 0) is 6.54 Å². The summed E-state index contributed by atoms with van der Waals surface area (Å²) in [5.41, 5.74) is 3.54. The lowest BCUT2D eigenvalue weighted by Crippen LogP contribution is -2.57. The molecule has 0 aliphatic carbocycles. The molecular weight excluding hydrogens is 388 g/mol. The lowest BCUT2D eigenvalue weighted by Gasteiger charge is -2.31. The average molecular weight is 419 g/mol. The Bertz CT molecular complexity index is 950. The van der Waals surface area contributed by atoms with Crippen molar-refractivity contribution in [1.29, 1.82) is 0 Å². The second-order valence-corrected chi connectivity index (χ2v) is 7.75. The van der Waals surface area contributed by atoms with Crippen molar-refractivity contribution in [3.05, 3.63) is 60.2 Å². The molecule has 162 valence electrons. The number of benzene rings is 2. The van der Waals surface area contributed by atoms with Crippen molar-refractivity contribution in [2.45, 2.75) is 45.1 Å². The van der Waals surface area contributed by atoms with Crippen LogP contribution < -0.4 is 10.6 Å². The summed E-state index contributed by atoms with van der Waals surface area (Å²) in [5.74, 6) is 1.44. The van der Waals surface area contributed by atoms with Crippen molar-refractivity contribution in [3.63, 3.8) is 0 Å². The molecule has 2 heterocycles. The smallest absolute Gasteiger partial charge is 0.199 e. The highest BCUT2D eigenvalue weighted by Gasteiger charge is 2.37. The molecule has 2 unspecified atom stereocenters. The maximum Gasteiger partial charge on any atom is 0.199 e. The number of guanidine groups is 1. The van der Waals surface area contributed by atoms with Crippen LogP contribution in [0.4, 0.5) is 0 Å². The Balaban J connectivity index is 1.51. The Hall–Kier alpha value is -3.19. The van der Waals surface area contributed by atoms with Gasteiger partial charge in [0.25, 0.3) is 0 Å². The van der Waals surface area contributed by atoms with E-state index >= 15 is 0 Å². The Morgan fingerprint density at radius 2 is 1.84 bits per heavy atom. The van der Waals surface area contributed by atoms with Gasteiger partial charge in [0.2, 0.25) is 0 Å². The Kier molecular flexibility index (Phi) is 6.62. The highest BCUT2D eigenvalue weighted by molar-refractivity contribution is 6.06. The van der Waals surface area contributed by atoms with E-state index in [2.05, 4.69) is 76.0 Å².